The van der Waals surface area contributed by atoms with Gasteiger partial charge in [-0.15, -0.1) is 0 Å². The molecule has 56 heavy (non-hydrogen) atoms. The van der Waals surface area contributed by atoms with E-state index in [1.807, 2.05) is 17.0 Å². The molecule has 0 aromatic heterocycles. The number of imide groups is 2. The van der Waals surface area contributed by atoms with E-state index in [0.29, 0.717) is 30.7 Å². The van der Waals surface area contributed by atoms with E-state index in [-0.39, 0.29) is 35.6 Å². The maximum Gasteiger partial charge on any atom is 0.262 e. The standard InChI is InChI=1S/C45H46FN5O5/c46-38-25-36-37(45(56)51(44(36)55)39-14-15-41(53)47-43(39)54)26-40(38)50-22-20-48(21-23-50)27-28-16-18-49(19-17-28)32-9-6-30(7-10-32)42-34(29-4-2-1-3-5-29)12-8-31-24-33(52)11-13-35(31)42/h1-7,9-11,13,24-26,28,34,39,42,52H,8,12,14-23,27H2,(H,47,53,54)/t34-,39?,42+/m1/s1. The van der Waals surface area contributed by atoms with Gasteiger partial charge in [0, 0.05) is 63.8 Å². The number of phenols is 1. The Labute approximate surface area is 325 Å². The first-order valence-corrected chi connectivity index (χ1v) is 20.0. The highest BCUT2D eigenvalue weighted by atomic mass is 19.1. The predicted octanol–water partition coefficient (Wildman–Crippen LogP) is 5.83. The highest BCUT2D eigenvalue weighted by molar-refractivity contribution is 6.23. The van der Waals surface area contributed by atoms with Crippen molar-refractivity contribution in [3.63, 3.8) is 0 Å². The zero-order chi connectivity index (χ0) is 38.5. The normalized spacial score (nSPS) is 23.3. The molecule has 4 heterocycles. The lowest BCUT2D eigenvalue weighted by atomic mass is 9.69. The van der Waals surface area contributed by atoms with Crippen LogP contribution in [0, 0.1) is 11.7 Å². The Kier molecular flexibility index (Phi) is 9.57. The molecule has 0 radical (unpaired) electrons. The number of anilines is 2. The number of piperidine rings is 2. The van der Waals surface area contributed by atoms with Crippen LogP contribution in [0.3, 0.4) is 0 Å². The van der Waals surface area contributed by atoms with Crippen molar-refractivity contribution in [3.05, 3.63) is 124 Å². The molecule has 11 heteroatoms. The summed E-state index contributed by atoms with van der Waals surface area (Å²) in [5.41, 5.74) is 6.78. The third-order valence-electron chi connectivity index (χ3n) is 12.8. The number of aryl methyl sites for hydroxylation is 1. The average Bonchev–Trinajstić information content (AvgIpc) is 3.45. The van der Waals surface area contributed by atoms with Gasteiger partial charge in [0.2, 0.25) is 11.8 Å². The minimum atomic E-state index is -1.08. The van der Waals surface area contributed by atoms with Crippen molar-refractivity contribution in [1.82, 2.24) is 15.1 Å². The fourth-order valence-electron chi connectivity index (χ4n) is 9.80. The summed E-state index contributed by atoms with van der Waals surface area (Å²) in [5.74, 6) is -1.53. The maximum absolute atomic E-state index is 15.5. The number of rotatable bonds is 7. The predicted molar refractivity (Wildman–Crippen MR) is 211 cm³/mol. The second kappa shape index (κ2) is 14.8. The van der Waals surface area contributed by atoms with Gasteiger partial charge in [-0.2, -0.15) is 0 Å². The molecule has 4 amide bonds. The number of piperazine rings is 1. The molecule has 3 saturated heterocycles. The molecule has 3 fully saturated rings. The lowest BCUT2D eigenvalue weighted by Gasteiger charge is -2.40. The molecule has 10 nitrogen and oxygen atoms in total. The van der Waals surface area contributed by atoms with Crippen LogP contribution < -0.4 is 15.1 Å². The van der Waals surface area contributed by atoms with Crippen molar-refractivity contribution in [2.24, 2.45) is 5.92 Å². The van der Waals surface area contributed by atoms with Crippen molar-refractivity contribution in [1.29, 1.82) is 0 Å². The number of halogens is 1. The number of nitrogens with one attached hydrogen (secondary N) is 1. The third kappa shape index (κ3) is 6.72. The van der Waals surface area contributed by atoms with E-state index in [2.05, 4.69) is 75.8 Å². The van der Waals surface area contributed by atoms with Crippen LogP contribution >= 0.6 is 0 Å². The molecule has 0 saturated carbocycles. The van der Waals surface area contributed by atoms with Crippen LogP contribution in [-0.4, -0.2) is 90.4 Å². The number of amides is 4. The van der Waals surface area contributed by atoms with E-state index in [1.54, 1.807) is 0 Å². The SMILES string of the molecule is O=C1CCC(N2C(=O)c3cc(F)c(N4CCN(CC5CCN(c6ccc([C@@H]7c8ccc(O)cc8CC[C@@H]7c7ccccc7)cc6)CC5)CC4)cc3C2=O)C(=O)N1. The van der Waals surface area contributed by atoms with E-state index < -0.39 is 35.5 Å². The van der Waals surface area contributed by atoms with Crippen molar-refractivity contribution in [3.8, 4) is 5.75 Å². The summed E-state index contributed by atoms with van der Waals surface area (Å²) in [7, 11) is 0. The van der Waals surface area contributed by atoms with Gasteiger partial charge in [-0.1, -0.05) is 48.5 Å². The molecule has 2 N–H and O–H groups in total. The number of hydrogen-bond donors (Lipinski definition) is 2. The van der Waals surface area contributed by atoms with Crippen LogP contribution in [0.5, 0.6) is 5.75 Å². The number of aromatic hydroxyl groups is 1. The first-order valence-electron chi connectivity index (χ1n) is 20.0. The largest absolute Gasteiger partial charge is 0.508 e. The van der Waals surface area contributed by atoms with Gasteiger partial charge in [0.1, 0.15) is 17.6 Å². The zero-order valence-corrected chi connectivity index (χ0v) is 31.3. The summed E-state index contributed by atoms with van der Waals surface area (Å²) in [6, 6.07) is 27.3. The van der Waals surface area contributed by atoms with Crippen molar-refractivity contribution >= 4 is 35.0 Å². The Morgan fingerprint density at radius 1 is 0.696 bits per heavy atom. The topological polar surface area (TPSA) is 114 Å². The van der Waals surface area contributed by atoms with Gasteiger partial charge in [0.15, 0.2) is 0 Å². The summed E-state index contributed by atoms with van der Waals surface area (Å²) in [5, 5.41) is 12.4. The number of nitrogens with zero attached hydrogens (tertiary/aromatic N) is 4. The molecule has 3 atom stereocenters. The Hall–Kier alpha value is -5.55. The number of hydrogen-bond acceptors (Lipinski definition) is 8. The van der Waals surface area contributed by atoms with Gasteiger partial charge in [0.25, 0.3) is 11.8 Å². The van der Waals surface area contributed by atoms with Gasteiger partial charge in [-0.05, 0) is 103 Å². The third-order valence-corrected chi connectivity index (χ3v) is 12.8. The minimum Gasteiger partial charge on any atom is -0.508 e. The molecule has 4 aliphatic heterocycles. The van der Waals surface area contributed by atoms with Gasteiger partial charge in [0.05, 0.1) is 16.8 Å². The first-order chi connectivity index (χ1) is 27.2. The lowest BCUT2D eigenvalue weighted by molar-refractivity contribution is -0.136. The average molecular weight is 756 g/mol. The summed E-state index contributed by atoms with van der Waals surface area (Å²) in [6.45, 7) is 5.69. The number of fused-ring (bicyclic) bond motifs is 2. The van der Waals surface area contributed by atoms with Crippen LogP contribution in [0.1, 0.15) is 86.9 Å². The van der Waals surface area contributed by atoms with Crippen molar-refractivity contribution < 1.29 is 28.7 Å². The van der Waals surface area contributed by atoms with E-state index in [4.69, 9.17) is 0 Å². The zero-order valence-electron chi connectivity index (χ0n) is 31.3. The van der Waals surface area contributed by atoms with E-state index in [1.165, 1.54) is 34.0 Å². The van der Waals surface area contributed by atoms with E-state index in [0.717, 1.165) is 69.4 Å². The number of carbonyl (C=O) groups is 4. The monoisotopic (exact) mass is 755 g/mol. The molecule has 0 bridgehead atoms. The molecule has 0 spiro atoms. The van der Waals surface area contributed by atoms with Gasteiger partial charge in [-0.3, -0.25) is 34.3 Å². The molecular weight excluding hydrogens is 710 g/mol. The highest BCUT2D eigenvalue weighted by Gasteiger charge is 2.45. The fraction of sp³-hybridized carbons (Fsp3) is 0.378. The van der Waals surface area contributed by atoms with Crippen LogP contribution in [-0.2, 0) is 16.0 Å². The molecule has 4 aromatic carbocycles. The molecule has 4 aromatic rings. The summed E-state index contributed by atoms with van der Waals surface area (Å²) < 4.78 is 15.5. The summed E-state index contributed by atoms with van der Waals surface area (Å²) in [6.07, 6.45) is 4.26. The highest BCUT2D eigenvalue weighted by Crippen LogP contribution is 2.47. The fourth-order valence-corrected chi connectivity index (χ4v) is 9.80. The number of phenolic OH excluding ortho intramolecular Hbond substituents is 1. The Bertz CT molecular complexity index is 2180. The van der Waals surface area contributed by atoms with E-state index in [9.17, 15) is 24.3 Å². The summed E-state index contributed by atoms with van der Waals surface area (Å²) >= 11 is 0. The quantitative estimate of drug-likeness (QED) is 0.227. The second-order valence-corrected chi connectivity index (χ2v) is 16.0. The van der Waals surface area contributed by atoms with Crippen molar-refractivity contribution in [2.45, 2.75) is 56.4 Å². The number of carbonyl (C=O) groups excluding carboxylic acids is 4. The first kappa shape index (κ1) is 36.1. The molecule has 1 unspecified atom stereocenters. The Balaban J connectivity index is 0.799. The molecule has 1 aliphatic carbocycles. The van der Waals surface area contributed by atoms with Gasteiger partial charge >= 0.3 is 0 Å². The number of benzene rings is 4. The van der Waals surface area contributed by atoms with Crippen LogP contribution in [0.4, 0.5) is 15.8 Å². The second-order valence-electron chi connectivity index (χ2n) is 16.0. The minimum absolute atomic E-state index is 0.0294. The lowest BCUT2D eigenvalue weighted by Crippen LogP contribution is -2.54. The Morgan fingerprint density at radius 3 is 2.12 bits per heavy atom. The van der Waals surface area contributed by atoms with E-state index >= 15 is 4.39 Å². The van der Waals surface area contributed by atoms with Crippen LogP contribution in [0.2, 0.25) is 0 Å². The van der Waals surface area contributed by atoms with Gasteiger partial charge < -0.3 is 14.9 Å². The summed E-state index contributed by atoms with van der Waals surface area (Å²) in [4.78, 5) is 58.3. The molecule has 288 valence electrons. The molecule has 9 rings (SSSR count). The van der Waals surface area contributed by atoms with Crippen molar-refractivity contribution in [2.75, 3.05) is 55.6 Å². The molecule has 5 aliphatic rings. The van der Waals surface area contributed by atoms with Gasteiger partial charge in [-0.25, -0.2) is 4.39 Å². The van der Waals surface area contributed by atoms with Crippen LogP contribution in [0.15, 0.2) is 84.9 Å². The smallest absolute Gasteiger partial charge is 0.262 e. The maximum atomic E-state index is 15.5. The van der Waals surface area contributed by atoms with Crippen LogP contribution in [0.25, 0.3) is 0 Å². The Morgan fingerprint density at radius 2 is 1.41 bits per heavy atom. The molecular formula is C45H46FN5O5.